The SMILES string of the molecule is CCC(CC)[C@@H]1CCC[NH2+]1. The van der Waals surface area contributed by atoms with Crippen molar-refractivity contribution in [2.45, 2.75) is 45.6 Å². The van der Waals surface area contributed by atoms with Crippen LogP contribution in [0.3, 0.4) is 0 Å². The molecule has 0 aromatic carbocycles. The van der Waals surface area contributed by atoms with Crippen molar-refractivity contribution in [2.75, 3.05) is 6.54 Å². The Hall–Kier alpha value is -0.0400. The Morgan fingerprint density at radius 3 is 2.50 bits per heavy atom. The number of nitrogens with two attached hydrogens (primary N) is 1. The molecule has 1 rings (SSSR count). The van der Waals surface area contributed by atoms with Crippen LogP contribution >= 0.6 is 0 Å². The van der Waals surface area contributed by atoms with E-state index >= 15 is 0 Å². The van der Waals surface area contributed by atoms with Gasteiger partial charge in [0.25, 0.3) is 0 Å². The van der Waals surface area contributed by atoms with Gasteiger partial charge in [-0.1, -0.05) is 13.8 Å². The smallest absolute Gasteiger partial charge is 0.0889 e. The van der Waals surface area contributed by atoms with E-state index in [1.165, 1.54) is 32.2 Å². The van der Waals surface area contributed by atoms with Gasteiger partial charge in [0.1, 0.15) is 0 Å². The first-order valence-corrected chi connectivity index (χ1v) is 4.71. The molecule has 60 valence electrons. The van der Waals surface area contributed by atoms with Crippen molar-refractivity contribution in [2.24, 2.45) is 5.92 Å². The fourth-order valence-corrected chi connectivity index (χ4v) is 2.13. The van der Waals surface area contributed by atoms with Gasteiger partial charge in [-0.15, -0.1) is 0 Å². The van der Waals surface area contributed by atoms with E-state index in [4.69, 9.17) is 0 Å². The summed E-state index contributed by atoms with van der Waals surface area (Å²) in [6.45, 7) is 6.02. The molecule has 0 aromatic rings. The number of rotatable bonds is 3. The molecule has 1 fully saturated rings. The third kappa shape index (κ3) is 1.72. The van der Waals surface area contributed by atoms with Gasteiger partial charge in [0, 0.05) is 18.8 Å². The van der Waals surface area contributed by atoms with Crippen molar-refractivity contribution in [1.29, 1.82) is 0 Å². The molecule has 1 aliphatic rings. The van der Waals surface area contributed by atoms with Crippen molar-refractivity contribution in [1.82, 2.24) is 0 Å². The highest BCUT2D eigenvalue weighted by molar-refractivity contribution is 4.68. The summed E-state index contributed by atoms with van der Waals surface area (Å²) in [7, 11) is 0. The topological polar surface area (TPSA) is 16.6 Å². The van der Waals surface area contributed by atoms with Crippen LogP contribution in [-0.2, 0) is 0 Å². The standard InChI is InChI=1S/C9H19N/c1-3-8(4-2)9-6-5-7-10-9/h8-10H,3-7H2,1-2H3/p+1/t9-/m0/s1. The van der Waals surface area contributed by atoms with Crippen LogP contribution in [0.25, 0.3) is 0 Å². The van der Waals surface area contributed by atoms with Gasteiger partial charge in [-0.05, 0) is 12.8 Å². The van der Waals surface area contributed by atoms with Gasteiger partial charge >= 0.3 is 0 Å². The third-order valence-electron chi connectivity index (χ3n) is 2.87. The van der Waals surface area contributed by atoms with E-state index in [1.807, 2.05) is 0 Å². The molecule has 10 heavy (non-hydrogen) atoms. The van der Waals surface area contributed by atoms with Crippen molar-refractivity contribution in [3.8, 4) is 0 Å². The molecule has 2 N–H and O–H groups in total. The van der Waals surface area contributed by atoms with Gasteiger partial charge in [-0.2, -0.15) is 0 Å². The lowest BCUT2D eigenvalue weighted by atomic mass is 9.93. The quantitative estimate of drug-likeness (QED) is 0.609. The van der Waals surface area contributed by atoms with Crippen LogP contribution in [0.4, 0.5) is 0 Å². The number of hydrogen-bond donors (Lipinski definition) is 1. The van der Waals surface area contributed by atoms with Crippen LogP contribution in [0.15, 0.2) is 0 Å². The number of hydrogen-bond acceptors (Lipinski definition) is 0. The van der Waals surface area contributed by atoms with E-state index in [9.17, 15) is 0 Å². The van der Waals surface area contributed by atoms with E-state index in [1.54, 1.807) is 0 Å². The summed E-state index contributed by atoms with van der Waals surface area (Å²) >= 11 is 0. The van der Waals surface area contributed by atoms with Crippen LogP contribution in [0.2, 0.25) is 0 Å². The lowest BCUT2D eigenvalue weighted by molar-refractivity contribution is -0.676. The second kappa shape index (κ2) is 3.97. The van der Waals surface area contributed by atoms with Crippen LogP contribution in [0.5, 0.6) is 0 Å². The second-order valence-electron chi connectivity index (χ2n) is 3.41. The average Bonchev–Trinajstić information content (AvgIpc) is 2.43. The molecular weight excluding hydrogens is 122 g/mol. The van der Waals surface area contributed by atoms with Crippen molar-refractivity contribution < 1.29 is 5.32 Å². The summed E-state index contributed by atoms with van der Waals surface area (Å²) in [5.41, 5.74) is 0. The molecule has 0 spiro atoms. The van der Waals surface area contributed by atoms with E-state index in [2.05, 4.69) is 19.2 Å². The van der Waals surface area contributed by atoms with Gasteiger partial charge in [0.15, 0.2) is 0 Å². The molecule has 0 amide bonds. The van der Waals surface area contributed by atoms with E-state index < -0.39 is 0 Å². The minimum Gasteiger partial charge on any atom is -0.344 e. The Bertz CT molecular complexity index is 80.7. The first kappa shape index (κ1) is 8.06. The third-order valence-corrected chi connectivity index (χ3v) is 2.87. The Labute approximate surface area is 64.2 Å². The molecular formula is C9H20N+. The molecule has 1 heteroatoms. The van der Waals surface area contributed by atoms with Crippen molar-refractivity contribution in [3.05, 3.63) is 0 Å². The van der Waals surface area contributed by atoms with E-state index in [-0.39, 0.29) is 0 Å². The fourth-order valence-electron chi connectivity index (χ4n) is 2.13. The van der Waals surface area contributed by atoms with Crippen LogP contribution < -0.4 is 5.32 Å². The predicted molar refractivity (Wildman–Crippen MR) is 43.9 cm³/mol. The largest absolute Gasteiger partial charge is 0.344 e. The van der Waals surface area contributed by atoms with Crippen LogP contribution in [0.1, 0.15) is 39.5 Å². The Balaban J connectivity index is 2.29. The molecule has 1 atom stereocenters. The molecule has 0 saturated carbocycles. The molecule has 1 heterocycles. The highest BCUT2D eigenvalue weighted by atomic mass is 14.9. The molecule has 0 aliphatic carbocycles. The van der Waals surface area contributed by atoms with Crippen molar-refractivity contribution >= 4 is 0 Å². The highest BCUT2D eigenvalue weighted by Crippen LogP contribution is 2.15. The zero-order chi connectivity index (χ0) is 7.40. The average molecular weight is 142 g/mol. The molecule has 0 bridgehead atoms. The summed E-state index contributed by atoms with van der Waals surface area (Å²) in [4.78, 5) is 0. The molecule has 1 aliphatic heterocycles. The maximum atomic E-state index is 2.54. The predicted octanol–water partition coefficient (Wildman–Crippen LogP) is 1.15. The molecule has 0 aromatic heterocycles. The minimum atomic E-state index is 0.968. The number of quaternary nitrogens is 1. The monoisotopic (exact) mass is 142 g/mol. The molecule has 1 nitrogen and oxygen atoms in total. The van der Waals surface area contributed by atoms with Gasteiger partial charge in [-0.25, -0.2) is 0 Å². The van der Waals surface area contributed by atoms with E-state index in [0.29, 0.717) is 0 Å². The normalized spacial score (nSPS) is 26.1. The Morgan fingerprint density at radius 1 is 1.40 bits per heavy atom. The fraction of sp³-hybridized carbons (Fsp3) is 1.00. The summed E-state index contributed by atoms with van der Waals surface area (Å²) < 4.78 is 0. The zero-order valence-electron chi connectivity index (χ0n) is 7.27. The summed E-state index contributed by atoms with van der Waals surface area (Å²) in [6, 6.07) is 0.968. The molecule has 0 unspecified atom stereocenters. The maximum Gasteiger partial charge on any atom is 0.0889 e. The zero-order valence-corrected chi connectivity index (χ0v) is 7.27. The van der Waals surface area contributed by atoms with Crippen LogP contribution in [0, 0.1) is 5.92 Å². The first-order chi connectivity index (χ1) is 4.88. The highest BCUT2D eigenvalue weighted by Gasteiger charge is 2.24. The Kier molecular flexibility index (Phi) is 3.20. The van der Waals surface area contributed by atoms with Gasteiger partial charge in [0.2, 0.25) is 0 Å². The van der Waals surface area contributed by atoms with Gasteiger partial charge < -0.3 is 5.32 Å². The van der Waals surface area contributed by atoms with Gasteiger partial charge in [0.05, 0.1) is 12.6 Å². The lowest BCUT2D eigenvalue weighted by Gasteiger charge is -2.16. The molecule has 0 radical (unpaired) electrons. The van der Waals surface area contributed by atoms with E-state index in [0.717, 1.165) is 12.0 Å². The van der Waals surface area contributed by atoms with Crippen LogP contribution in [-0.4, -0.2) is 12.6 Å². The summed E-state index contributed by atoms with van der Waals surface area (Å²) in [6.07, 6.45) is 5.66. The summed E-state index contributed by atoms with van der Waals surface area (Å²) in [5, 5.41) is 2.54. The van der Waals surface area contributed by atoms with Crippen molar-refractivity contribution in [3.63, 3.8) is 0 Å². The summed E-state index contributed by atoms with van der Waals surface area (Å²) in [5.74, 6) is 0.988. The maximum absolute atomic E-state index is 2.54. The lowest BCUT2D eigenvalue weighted by Crippen LogP contribution is -2.88. The minimum absolute atomic E-state index is 0.968. The molecule has 1 saturated heterocycles. The van der Waals surface area contributed by atoms with Gasteiger partial charge in [-0.3, -0.25) is 0 Å². The Morgan fingerprint density at radius 2 is 2.10 bits per heavy atom. The first-order valence-electron chi connectivity index (χ1n) is 4.71. The second-order valence-corrected chi connectivity index (χ2v) is 3.41.